The lowest BCUT2D eigenvalue weighted by Gasteiger charge is -2.08. The van der Waals surface area contributed by atoms with Crippen LogP contribution in [0.5, 0.6) is 5.75 Å². The average molecular weight is 417 g/mol. The maximum absolute atomic E-state index is 12.9. The molecule has 2 N–H and O–H groups in total. The molecule has 0 spiro atoms. The van der Waals surface area contributed by atoms with E-state index in [1.165, 1.54) is 12.3 Å². The van der Waals surface area contributed by atoms with E-state index in [9.17, 15) is 9.59 Å². The van der Waals surface area contributed by atoms with Crippen LogP contribution in [0.4, 0.5) is 0 Å². The summed E-state index contributed by atoms with van der Waals surface area (Å²) in [6.45, 7) is 0.332. The Morgan fingerprint density at radius 3 is 2.58 bits per heavy atom. The largest absolute Gasteiger partial charge is 0.497 e. The molecule has 2 aromatic heterocycles. The Morgan fingerprint density at radius 1 is 1.00 bits per heavy atom. The van der Waals surface area contributed by atoms with Crippen molar-refractivity contribution in [2.75, 3.05) is 7.11 Å². The van der Waals surface area contributed by atoms with Crippen molar-refractivity contribution in [3.8, 4) is 5.75 Å². The van der Waals surface area contributed by atoms with Crippen molar-refractivity contribution in [2.45, 2.75) is 6.54 Å². The van der Waals surface area contributed by atoms with Gasteiger partial charge in [-0.1, -0.05) is 30.3 Å². The number of ether oxygens (including phenoxy) is 1. The van der Waals surface area contributed by atoms with Crippen molar-refractivity contribution in [1.29, 1.82) is 0 Å². The second kappa shape index (κ2) is 9.00. The molecule has 2 aromatic carbocycles. The molecular weight excluding hydrogens is 398 g/mol. The average Bonchev–Trinajstić information content (AvgIpc) is 3.36. The third-order valence-electron chi connectivity index (χ3n) is 4.50. The minimum Gasteiger partial charge on any atom is -0.497 e. The fraction of sp³-hybridized carbons (Fsp3) is 0.0870. The van der Waals surface area contributed by atoms with Gasteiger partial charge in [-0.2, -0.15) is 0 Å². The Bertz CT molecular complexity index is 1280. The van der Waals surface area contributed by atoms with E-state index in [1.807, 2.05) is 30.3 Å². The highest BCUT2D eigenvalue weighted by Crippen LogP contribution is 2.20. The SMILES string of the molecule is COc1ccc2cc(C(=O)NCc3ccccc3)/c(=N\NC(=O)c3ccco3)oc2c1. The maximum Gasteiger partial charge on any atom is 0.307 e. The normalized spacial score (nSPS) is 11.3. The van der Waals surface area contributed by atoms with Gasteiger partial charge in [0.15, 0.2) is 5.76 Å². The summed E-state index contributed by atoms with van der Waals surface area (Å²) in [6, 6.07) is 19.5. The molecule has 8 nitrogen and oxygen atoms in total. The highest BCUT2D eigenvalue weighted by Gasteiger charge is 2.14. The Balaban J connectivity index is 1.68. The first kappa shape index (κ1) is 20.0. The quantitative estimate of drug-likeness (QED) is 0.469. The number of carbonyl (C=O) groups is 2. The van der Waals surface area contributed by atoms with Crippen LogP contribution in [0.1, 0.15) is 26.5 Å². The van der Waals surface area contributed by atoms with Crippen LogP contribution in [0, 0.1) is 0 Å². The molecule has 2 amide bonds. The summed E-state index contributed by atoms with van der Waals surface area (Å²) in [5.74, 6) is -0.290. The molecule has 8 heteroatoms. The van der Waals surface area contributed by atoms with Crippen molar-refractivity contribution in [3.05, 3.63) is 95.4 Å². The molecule has 0 aliphatic heterocycles. The van der Waals surface area contributed by atoms with Gasteiger partial charge in [0.1, 0.15) is 16.9 Å². The number of nitrogens with one attached hydrogen (secondary N) is 2. The number of methoxy groups -OCH3 is 1. The Morgan fingerprint density at radius 2 is 1.84 bits per heavy atom. The molecule has 4 rings (SSSR count). The van der Waals surface area contributed by atoms with Crippen molar-refractivity contribution >= 4 is 22.8 Å². The van der Waals surface area contributed by atoms with Crippen molar-refractivity contribution in [2.24, 2.45) is 5.10 Å². The number of carbonyl (C=O) groups excluding carboxylic acids is 2. The lowest BCUT2D eigenvalue weighted by Crippen LogP contribution is -2.30. The summed E-state index contributed by atoms with van der Waals surface area (Å²) in [5.41, 5.74) is 3.87. The van der Waals surface area contributed by atoms with E-state index < -0.39 is 11.8 Å². The van der Waals surface area contributed by atoms with E-state index in [1.54, 1.807) is 37.4 Å². The molecule has 31 heavy (non-hydrogen) atoms. The van der Waals surface area contributed by atoms with Gasteiger partial charge in [0.05, 0.1) is 13.4 Å². The van der Waals surface area contributed by atoms with Crippen LogP contribution in [0.2, 0.25) is 0 Å². The zero-order valence-corrected chi connectivity index (χ0v) is 16.6. The smallest absolute Gasteiger partial charge is 0.307 e. The Kier molecular flexibility index (Phi) is 5.79. The number of hydrogen-bond donors (Lipinski definition) is 2. The zero-order valence-electron chi connectivity index (χ0n) is 16.6. The standard InChI is InChI=1S/C23H19N3O5/c1-29-17-10-9-16-12-18(21(27)24-14-15-6-3-2-4-7-15)23(31-20(16)13-17)26-25-22(28)19-8-5-11-30-19/h2-13H,14H2,1H3,(H,24,27)(H,25,28)/b26-23+. The number of nitrogens with zero attached hydrogens (tertiary/aromatic N) is 1. The van der Waals surface area contributed by atoms with Crippen molar-refractivity contribution < 1.29 is 23.2 Å². The molecule has 4 aromatic rings. The summed E-state index contributed by atoms with van der Waals surface area (Å²) in [7, 11) is 1.54. The summed E-state index contributed by atoms with van der Waals surface area (Å²) in [6.07, 6.45) is 1.38. The van der Waals surface area contributed by atoms with E-state index in [0.29, 0.717) is 23.3 Å². The molecule has 0 saturated carbocycles. The van der Waals surface area contributed by atoms with Gasteiger partial charge in [0.2, 0.25) is 5.55 Å². The summed E-state index contributed by atoms with van der Waals surface area (Å²) >= 11 is 0. The molecule has 0 atom stereocenters. The van der Waals surface area contributed by atoms with Gasteiger partial charge < -0.3 is 18.9 Å². The summed E-state index contributed by atoms with van der Waals surface area (Å²) < 4.78 is 16.1. The highest BCUT2D eigenvalue weighted by molar-refractivity contribution is 5.96. The second-order valence-corrected chi connectivity index (χ2v) is 6.57. The lowest BCUT2D eigenvalue weighted by atomic mass is 10.1. The fourth-order valence-corrected chi connectivity index (χ4v) is 2.91. The van der Waals surface area contributed by atoms with Gasteiger partial charge in [-0.15, -0.1) is 5.10 Å². The first-order valence-electron chi connectivity index (χ1n) is 9.45. The third kappa shape index (κ3) is 4.64. The molecule has 0 unspecified atom stereocenters. The number of rotatable bonds is 6. The van der Waals surface area contributed by atoms with Crippen LogP contribution < -0.4 is 21.0 Å². The molecule has 0 aliphatic rings. The van der Waals surface area contributed by atoms with Gasteiger partial charge in [0.25, 0.3) is 5.91 Å². The molecule has 0 aliphatic carbocycles. The molecule has 0 saturated heterocycles. The van der Waals surface area contributed by atoms with Gasteiger partial charge in [0, 0.05) is 18.0 Å². The summed E-state index contributed by atoms with van der Waals surface area (Å²) in [4.78, 5) is 25.1. The molecule has 0 fully saturated rings. The van der Waals surface area contributed by atoms with E-state index in [-0.39, 0.29) is 16.9 Å². The van der Waals surface area contributed by atoms with Gasteiger partial charge in [-0.3, -0.25) is 9.59 Å². The predicted molar refractivity (Wildman–Crippen MR) is 112 cm³/mol. The molecule has 2 heterocycles. The van der Waals surface area contributed by atoms with E-state index in [0.717, 1.165) is 5.56 Å². The summed E-state index contributed by atoms with van der Waals surface area (Å²) in [5, 5.41) is 7.54. The van der Waals surface area contributed by atoms with Crippen molar-refractivity contribution in [3.63, 3.8) is 0 Å². The van der Waals surface area contributed by atoms with Crippen LogP contribution in [-0.4, -0.2) is 18.9 Å². The fourth-order valence-electron chi connectivity index (χ4n) is 2.91. The topological polar surface area (TPSA) is 106 Å². The van der Waals surface area contributed by atoms with Gasteiger partial charge in [-0.25, -0.2) is 5.43 Å². The Labute approximate surface area is 177 Å². The number of fused-ring (bicyclic) bond motifs is 1. The van der Waals surface area contributed by atoms with Gasteiger partial charge >= 0.3 is 5.91 Å². The third-order valence-corrected chi connectivity index (χ3v) is 4.50. The van der Waals surface area contributed by atoms with Crippen molar-refractivity contribution in [1.82, 2.24) is 10.7 Å². The minimum absolute atomic E-state index is 0.0498. The minimum atomic E-state index is -0.568. The van der Waals surface area contributed by atoms with Crippen LogP contribution in [-0.2, 0) is 6.54 Å². The maximum atomic E-state index is 12.9. The number of hydrogen-bond acceptors (Lipinski definition) is 6. The van der Waals surface area contributed by atoms with Crippen LogP contribution in [0.25, 0.3) is 11.0 Å². The van der Waals surface area contributed by atoms with Crippen LogP contribution in [0.15, 0.2) is 86.9 Å². The second-order valence-electron chi connectivity index (χ2n) is 6.57. The highest BCUT2D eigenvalue weighted by atomic mass is 16.5. The molecular formula is C23H19N3O5. The predicted octanol–water partition coefficient (Wildman–Crippen LogP) is 3.21. The molecule has 156 valence electrons. The van der Waals surface area contributed by atoms with Crippen LogP contribution >= 0.6 is 0 Å². The van der Waals surface area contributed by atoms with Gasteiger partial charge in [-0.05, 0) is 35.9 Å². The van der Waals surface area contributed by atoms with Crippen LogP contribution in [0.3, 0.4) is 0 Å². The van der Waals surface area contributed by atoms with E-state index in [2.05, 4.69) is 15.8 Å². The molecule has 0 bridgehead atoms. The van der Waals surface area contributed by atoms with E-state index >= 15 is 0 Å². The molecule has 0 radical (unpaired) electrons. The number of furan rings is 1. The first-order chi connectivity index (χ1) is 15.1. The number of amides is 2. The lowest BCUT2D eigenvalue weighted by molar-refractivity contribution is 0.0915. The number of benzene rings is 2. The van der Waals surface area contributed by atoms with E-state index in [4.69, 9.17) is 13.6 Å². The Hall–Kier alpha value is -4.33. The first-order valence-corrected chi connectivity index (χ1v) is 9.45. The zero-order chi connectivity index (χ0) is 21.6. The monoisotopic (exact) mass is 417 g/mol.